The molecule has 3 rings (SSSR count). The zero-order valence-electron chi connectivity index (χ0n) is 10.6. The van der Waals surface area contributed by atoms with Crippen LogP contribution >= 0.6 is 15.9 Å². The minimum absolute atomic E-state index is 0.224. The first-order valence-corrected chi connectivity index (χ1v) is 7.60. The average molecular weight is 308 g/mol. The van der Waals surface area contributed by atoms with E-state index in [4.69, 9.17) is 0 Å². The predicted octanol–water partition coefficient (Wildman–Crippen LogP) is 3.53. The number of hydrogen-bond donors (Lipinski definition) is 0. The van der Waals surface area contributed by atoms with E-state index in [2.05, 4.69) is 20.8 Å². The van der Waals surface area contributed by atoms with Gasteiger partial charge in [-0.15, -0.1) is 0 Å². The van der Waals surface area contributed by atoms with E-state index in [0.717, 1.165) is 18.4 Å². The van der Waals surface area contributed by atoms with Gasteiger partial charge in [-0.05, 0) is 44.7 Å². The molecule has 0 N–H and O–H groups in total. The number of rotatable bonds is 1. The number of aryl methyl sites for hydroxylation is 1. The van der Waals surface area contributed by atoms with Crippen molar-refractivity contribution in [3.8, 4) is 0 Å². The van der Waals surface area contributed by atoms with Crippen LogP contribution in [0.15, 0.2) is 24.3 Å². The number of halogens is 1. The minimum Gasteiger partial charge on any atom is -0.333 e. The summed E-state index contributed by atoms with van der Waals surface area (Å²) in [7, 11) is 0. The lowest BCUT2D eigenvalue weighted by molar-refractivity contribution is 0.0603. The number of amides is 1. The SMILES string of the molecule is Cc1ccc(C(=O)N2C3CCC2CC(Br)C3)cc1. The number of hydrogen-bond acceptors (Lipinski definition) is 1. The molecular weight excluding hydrogens is 290 g/mol. The van der Waals surface area contributed by atoms with Gasteiger partial charge >= 0.3 is 0 Å². The third-order valence-electron chi connectivity index (χ3n) is 4.21. The first kappa shape index (κ1) is 12.2. The van der Waals surface area contributed by atoms with E-state index in [1.54, 1.807) is 0 Å². The van der Waals surface area contributed by atoms with Crippen LogP contribution in [0.3, 0.4) is 0 Å². The zero-order chi connectivity index (χ0) is 12.7. The normalized spacial score (nSPS) is 30.6. The quantitative estimate of drug-likeness (QED) is 0.727. The van der Waals surface area contributed by atoms with Crippen molar-refractivity contribution < 1.29 is 4.79 Å². The molecule has 2 aliphatic rings. The second-order valence-corrected chi connectivity index (χ2v) is 6.83. The topological polar surface area (TPSA) is 20.3 Å². The highest BCUT2D eigenvalue weighted by Gasteiger charge is 2.42. The standard InChI is InChI=1S/C15H18BrNO/c1-10-2-4-11(5-3-10)15(18)17-13-6-7-14(17)9-12(16)8-13/h2-5,12-14H,6-9H2,1H3. The van der Waals surface area contributed by atoms with Gasteiger partial charge in [0.05, 0.1) is 0 Å². The summed E-state index contributed by atoms with van der Waals surface area (Å²) in [5.74, 6) is 0.224. The summed E-state index contributed by atoms with van der Waals surface area (Å²) in [5.41, 5.74) is 2.04. The zero-order valence-corrected chi connectivity index (χ0v) is 12.2. The first-order valence-electron chi connectivity index (χ1n) is 6.68. The number of alkyl halides is 1. The summed E-state index contributed by atoms with van der Waals surface area (Å²) in [6, 6.07) is 8.84. The predicted molar refractivity (Wildman–Crippen MR) is 76.1 cm³/mol. The molecule has 96 valence electrons. The monoisotopic (exact) mass is 307 g/mol. The fourth-order valence-corrected chi connectivity index (χ4v) is 4.15. The van der Waals surface area contributed by atoms with Crippen LogP contribution in [-0.2, 0) is 0 Å². The van der Waals surface area contributed by atoms with Gasteiger partial charge in [0.15, 0.2) is 0 Å². The fraction of sp³-hybridized carbons (Fsp3) is 0.533. The van der Waals surface area contributed by atoms with Crippen molar-refractivity contribution in [2.75, 3.05) is 0 Å². The molecule has 0 spiro atoms. The molecule has 1 aromatic rings. The largest absolute Gasteiger partial charge is 0.333 e. The maximum Gasteiger partial charge on any atom is 0.254 e. The van der Waals surface area contributed by atoms with Crippen LogP contribution in [0, 0.1) is 6.92 Å². The molecule has 2 atom stereocenters. The molecule has 2 nitrogen and oxygen atoms in total. The van der Waals surface area contributed by atoms with E-state index >= 15 is 0 Å². The fourth-order valence-electron chi connectivity index (χ4n) is 3.29. The number of carbonyl (C=O) groups excluding carboxylic acids is 1. The highest BCUT2D eigenvalue weighted by Crippen LogP contribution is 2.39. The Hall–Kier alpha value is -0.830. The molecule has 2 saturated heterocycles. The molecular formula is C15H18BrNO. The lowest BCUT2D eigenvalue weighted by Gasteiger charge is -2.37. The molecule has 1 amide bonds. The Kier molecular flexibility index (Phi) is 3.18. The van der Waals surface area contributed by atoms with Crippen LogP contribution in [0.25, 0.3) is 0 Å². The van der Waals surface area contributed by atoms with Gasteiger partial charge in [0.25, 0.3) is 5.91 Å². The molecule has 0 aromatic heterocycles. The molecule has 0 saturated carbocycles. The van der Waals surface area contributed by atoms with Crippen molar-refractivity contribution in [2.24, 2.45) is 0 Å². The van der Waals surface area contributed by atoms with Crippen LogP contribution in [0.4, 0.5) is 0 Å². The Morgan fingerprint density at radius 3 is 2.28 bits per heavy atom. The lowest BCUT2D eigenvalue weighted by atomic mass is 10.0. The summed E-state index contributed by atoms with van der Waals surface area (Å²) in [4.78, 5) is 15.3. The van der Waals surface area contributed by atoms with Gasteiger partial charge in [-0.3, -0.25) is 4.79 Å². The summed E-state index contributed by atoms with van der Waals surface area (Å²) in [6.45, 7) is 2.05. The first-order chi connectivity index (χ1) is 8.65. The van der Waals surface area contributed by atoms with Crippen molar-refractivity contribution in [1.29, 1.82) is 0 Å². The Bertz CT molecular complexity index is 442. The van der Waals surface area contributed by atoms with Crippen LogP contribution in [-0.4, -0.2) is 27.7 Å². The lowest BCUT2D eigenvalue weighted by Crippen LogP contribution is -2.46. The number of carbonyl (C=O) groups is 1. The van der Waals surface area contributed by atoms with Crippen molar-refractivity contribution in [2.45, 2.75) is 49.5 Å². The molecule has 2 fully saturated rings. The molecule has 2 unspecified atom stereocenters. The summed E-state index contributed by atoms with van der Waals surface area (Å²) in [6.07, 6.45) is 4.55. The minimum atomic E-state index is 0.224. The van der Waals surface area contributed by atoms with Gasteiger partial charge in [0, 0.05) is 22.5 Å². The molecule has 3 heteroatoms. The Morgan fingerprint density at radius 1 is 1.17 bits per heavy atom. The molecule has 2 heterocycles. The third-order valence-corrected chi connectivity index (χ3v) is 4.96. The van der Waals surface area contributed by atoms with Crippen LogP contribution in [0.1, 0.15) is 41.6 Å². The number of benzene rings is 1. The molecule has 0 radical (unpaired) electrons. The molecule has 2 bridgehead atoms. The van der Waals surface area contributed by atoms with Crippen molar-refractivity contribution in [1.82, 2.24) is 4.90 Å². The van der Waals surface area contributed by atoms with Crippen LogP contribution in [0.5, 0.6) is 0 Å². The van der Waals surface area contributed by atoms with Crippen molar-refractivity contribution in [3.05, 3.63) is 35.4 Å². The Balaban J connectivity index is 1.83. The van der Waals surface area contributed by atoms with E-state index in [1.807, 2.05) is 31.2 Å². The Morgan fingerprint density at radius 2 is 1.72 bits per heavy atom. The number of piperidine rings is 1. The average Bonchev–Trinajstić information content (AvgIpc) is 2.62. The number of nitrogens with zero attached hydrogens (tertiary/aromatic N) is 1. The van der Waals surface area contributed by atoms with Gasteiger partial charge in [0.1, 0.15) is 0 Å². The highest BCUT2D eigenvalue weighted by atomic mass is 79.9. The number of fused-ring (bicyclic) bond motifs is 2. The second-order valence-electron chi connectivity index (χ2n) is 5.53. The van der Waals surface area contributed by atoms with E-state index in [9.17, 15) is 4.79 Å². The molecule has 0 aliphatic carbocycles. The molecule has 1 aromatic carbocycles. The van der Waals surface area contributed by atoms with Gasteiger partial charge in [-0.25, -0.2) is 0 Å². The third kappa shape index (κ3) is 2.09. The smallest absolute Gasteiger partial charge is 0.254 e. The molecule has 2 aliphatic heterocycles. The van der Waals surface area contributed by atoms with Gasteiger partial charge in [-0.1, -0.05) is 33.6 Å². The van der Waals surface area contributed by atoms with E-state index in [-0.39, 0.29) is 5.91 Å². The van der Waals surface area contributed by atoms with Gasteiger partial charge in [-0.2, -0.15) is 0 Å². The summed E-state index contributed by atoms with van der Waals surface area (Å²) >= 11 is 3.71. The van der Waals surface area contributed by atoms with Crippen LogP contribution in [0.2, 0.25) is 0 Å². The van der Waals surface area contributed by atoms with Crippen LogP contribution < -0.4 is 0 Å². The van der Waals surface area contributed by atoms with Gasteiger partial charge < -0.3 is 4.90 Å². The second kappa shape index (κ2) is 4.69. The molecule has 18 heavy (non-hydrogen) atoms. The highest BCUT2D eigenvalue weighted by molar-refractivity contribution is 9.09. The van der Waals surface area contributed by atoms with E-state index < -0.39 is 0 Å². The van der Waals surface area contributed by atoms with E-state index in [1.165, 1.54) is 18.4 Å². The summed E-state index contributed by atoms with van der Waals surface area (Å²) in [5, 5.41) is 0. The maximum atomic E-state index is 12.6. The van der Waals surface area contributed by atoms with E-state index in [0.29, 0.717) is 16.9 Å². The van der Waals surface area contributed by atoms with Gasteiger partial charge in [0.2, 0.25) is 0 Å². The Labute approximate surface area is 116 Å². The van der Waals surface area contributed by atoms with Crippen molar-refractivity contribution >= 4 is 21.8 Å². The maximum absolute atomic E-state index is 12.6. The summed E-state index contributed by atoms with van der Waals surface area (Å²) < 4.78 is 0. The van der Waals surface area contributed by atoms with Crippen molar-refractivity contribution in [3.63, 3.8) is 0 Å².